The molecule has 1 unspecified atom stereocenters. The summed E-state index contributed by atoms with van der Waals surface area (Å²) in [5.41, 5.74) is -2.04. The van der Waals surface area contributed by atoms with Crippen LogP contribution in [-0.4, -0.2) is 39.8 Å². The van der Waals surface area contributed by atoms with Gasteiger partial charge in [0.25, 0.3) is 0 Å². The van der Waals surface area contributed by atoms with Crippen molar-refractivity contribution in [2.45, 2.75) is 115 Å². The molecule has 0 fully saturated rings. The maximum absolute atomic E-state index is 12.0. The Bertz CT molecular complexity index is 473. The van der Waals surface area contributed by atoms with Gasteiger partial charge in [-0.2, -0.15) is 0 Å². The number of hydrogen-bond acceptors (Lipinski definition) is 5. The second-order valence-electron chi connectivity index (χ2n) is 7.77. The van der Waals surface area contributed by atoms with Gasteiger partial charge in [-0.3, -0.25) is 9.59 Å². The van der Waals surface area contributed by atoms with E-state index in [9.17, 15) is 19.8 Å². The predicted molar refractivity (Wildman–Crippen MR) is 106 cm³/mol. The minimum atomic E-state index is -2.04. The summed E-state index contributed by atoms with van der Waals surface area (Å²) in [5.74, 6) is -1.15. The number of esters is 1. The molecule has 0 spiro atoms. The maximum atomic E-state index is 12.0. The molecule has 0 bridgehead atoms. The van der Waals surface area contributed by atoms with E-state index in [4.69, 9.17) is 4.74 Å². The molecule has 2 N–H and O–H groups in total. The number of aliphatic hydroxyl groups excluding tert-OH is 1. The first-order valence-electron chi connectivity index (χ1n) is 10.7. The number of ketones is 1. The van der Waals surface area contributed by atoms with Gasteiger partial charge in [0, 0.05) is 6.92 Å². The minimum absolute atomic E-state index is 0.373. The number of rotatable bonds is 15. The van der Waals surface area contributed by atoms with E-state index >= 15 is 0 Å². The molecule has 0 aromatic heterocycles. The molecule has 0 radical (unpaired) electrons. The Balaban J connectivity index is 2.18. The molecule has 1 aliphatic rings. The van der Waals surface area contributed by atoms with Crippen LogP contribution in [0.3, 0.4) is 0 Å². The number of carbonyl (C=O) groups excluding carboxylic acids is 2. The molecule has 1 aliphatic carbocycles. The standard InChI is InChI=1S/C22H38O5/c1-3-4-5-6-7-8-9-10-11-12-13-14-15-21(27-18(2)23)22(26)19(24)16-17-20(22)25/h16-17,19,21,24,26H,3-15H2,1-2H3/t19-,21?,22+/m1/s1. The SMILES string of the molecule is CCCCCCCCCCCCCCC(OC(C)=O)[C@@]1(O)C(=O)C=C[C@H]1O. The van der Waals surface area contributed by atoms with Crippen LogP contribution >= 0.6 is 0 Å². The Morgan fingerprint density at radius 1 is 1.04 bits per heavy atom. The molecule has 1 rings (SSSR count). The monoisotopic (exact) mass is 382 g/mol. The van der Waals surface area contributed by atoms with Crippen molar-refractivity contribution < 1.29 is 24.5 Å². The van der Waals surface area contributed by atoms with Crippen LogP contribution in [0, 0.1) is 0 Å². The fourth-order valence-corrected chi connectivity index (χ4v) is 3.69. The third kappa shape index (κ3) is 8.14. The van der Waals surface area contributed by atoms with E-state index < -0.39 is 29.6 Å². The Labute approximate surface area is 164 Å². The van der Waals surface area contributed by atoms with Crippen LogP contribution < -0.4 is 0 Å². The number of hydrogen-bond donors (Lipinski definition) is 2. The van der Waals surface area contributed by atoms with E-state index in [0.29, 0.717) is 6.42 Å². The minimum Gasteiger partial charge on any atom is -0.459 e. The molecule has 5 heteroatoms. The Morgan fingerprint density at radius 2 is 1.52 bits per heavy atom. The van der Waals surface area contributed by atoms with E-state index in [0.717, 1.165) is 25.3 Å². The normalized spacial score (nSPS) is 23.0. The second kappa shape index (κ2) is 13.1. The lowest BCUT2D eigenvalue weighted by Crippen LogP contribution is -2.55. The molecule has 0 amide bonds. The van der Waals surface area contributed by atoms with Gasteiger partial charge in [0.2, 0.25) is 0 Å². The lowest BCUT2D eigenvalue weighted by atomic mass is 9.87. The molecule has 0 aromatic rings. The average Bonchev–Trinajstić information content (AvgIpc) is 2.89. The van der Waals surface area contributed by atoms with Crippen molar-refractivity contribution in [1.82, 2.24) is 0 Å². The predicted octanol–water partition coefficient (Wildman–Crippen LogP) is 4.24. The second-order valence-corrected chi connectivity index (χ2v) is 7.77. The van der Waals surface area contributed by atoms with Gasteiger partial charge >= 0.3 is 5.97 Å². The van der Waals surface area contributed by atoms with Crippen molar-refractivity contribution in [2.75, 3.05) is 0 Å². The summed E-state index contributed by atoms with van der Waals surface area (Å²) in [5, 5.41) is 20.5. The third-order valence-corrected chi connectivity index (χ3v) is 5.39. The molecule has 0 aromatic carbocycles. The first-order chi connectivity index (χ1) is 12.9. The highest BCUT2D eigenvalue weighted by molar-refractivity contribution is 6.01. The fourth-order valence-electron chi connectivity index (χ4n) is 3.69. The molecule has 156 valence electrons. The molecule has 0 heterocycles. The quantitative estimate of drug-likeness (QED) is 0.327. The van der Waals surface area contributed by atoms with Gasteiger partial charge in [0.1, 0.15) is 12.2 Å². The highest BCUT2D eigenvalue weighted by atomic mass is 16.6. The molecule has 0 aliphatic heterocycles. The number of ether oxygens (including phenoxy) is 1. The lowest BCUT2D eigenvalue weighted by Gasteiger charge is -2.33. The first kappa shape index (κ1) is 23.8. The van der Waals surface area contributed by atoms with Crippen LogP contribution in [0.15, 0.2) is 12.2 Å². The zero-order chi connectivity index (χ0) is 20.1. The van der Waals surface area contributed by atoms with Crippen LogP contribution in [0.4, 0.5) is 0 Å². The van der Waals surface area contributed by atoms with E-state index in [2.05, 4.69) is 6.92 Å². The van der Waals surface area contributed by atoms with Gasteiger partial charge in [-0.1, -0.05) is 77.6 Å². The van der Waals surface area contributed by atoms with Crippen molar-refractivity contribution in [3.8, 4) is 0 Å². The fraction of sp³-hybridized carbons (Fsp3) is 0.818. The smallest absolute Gasteiger partial charge is 0.303 e. The van der Waals surface area contributed by atoms with E-state index in [1.54, 1.807) is 0 Å². The van der Waals surface area contributed by atoms with Gasteiger partial charge in [-0.05, 0) is 25.0 Å². The molecular weight excluding hydrogens is 344 g/mol. The third-order valence-electron chi connectivity index (χ3n) is 5.39. The summed E-state index contributed by atoms with van der Waals surface area (Å²) in [6, 6.07) is 0. The molecule has 5 nitrogen and oxygen atoms in total. The van der Waals surface area contributed by atoms with Crippen LogP contribution in [0.25, 0.3) is 0 Å². The number of carbonyl (C=O) groups is 2. The van der Waals surface area contributed by atoms with Gasteiger partial charge in [-0.15, -0.1) is 0 Å². The highest BCUT2D eigenvalue weighted by Crippen LogP contribution is 2.30. The molecule has 3 atom stereocenters. The molecule has 0 saturated heterocycles. The van der Waals surface area contributed by atoms with Gasteiger partial charge in [0.15, 0.2) is 11.4 Å². The zero-order valence-electron chi connectivity index (χ0n) is 17.1. The maximum Gasteiger partial charge on any atom is 0.303 e. The lowest BCUT2D eigenvalue weighted by molar-refractivity contribution is -0.178. The highest BCUT2D eigenvalue weighted by Gasteiger charge is 2.52. The van der Waals surface area contributed by atoms with E-state index in [1.165, 1.54) is 70.8 Å². The van der Waals surface area contributed by atoms with Crippen molar-refractivity contribution in [2.24, 2.45) is 0 Å². The average molecular weight is 383 g/mol. The topological polar surface area (TPSA) is 83.8 Å². The Hall–Kier alpha value is -1.20. The summed E-state index contributed by atoms with van der Waals surface area (Å²) < 4.78 is 5.17. The number of aliphatic hydroxyl groups is 2. The van der Waals surface area contributed by atoms with Crippen LogP contribution in [0.2, 0.25) is 0 Å². The summed E-state index contributed by atoms with van der Waals surface area (Å²) in [6.45, 7) is 3.48. The Morgan fingerprint density at radius 3 is 1.93 bits per heavy atom. The summed E-state index contributed by atoms with van der Waals surface area (Å²) >= 11 is 0. The zero-order valence-corrected chi connectivity index (χ0v) is 17.1. The van der Waals surface area contributed by atoms with E-state index in [1.807, 2.05) is 0 Å². The molecule has 27 heavy (non-hydrogen) atoms. The molecule has 0 saturated carbocycles. The largest absolute Gasteiger partial charge is 0.459 e. The van der Waals surface area contributed by atoms with Crippen LogP contribution in [-0.2, 0) is 14.3 Å². The summed E-state index contributed by atoms with van der Waals surface area (Å²) in [6.07, 6.45) is 15.0. The number of unbranched alkanes of at least 4 members (excludes halogenated alkanes) is 11. The van der Waals surface area contributed by atoms with Gasteiger partial charge < -0.3 is 14.9 Å². The van der Waals surface area contributed by atoms with Crippen LogP contribution in [0.5, 0.6) is 0 Å². The van der Waals surface area contributed by atoms with Crippen molar-refractivity contribution in [3.05, 3.63) is 12.2 Å². The Kier molecular flexibility index (Phi) is 11.5. The van der Waals surface area contributed by atoms with E-state index in [-0.39, 0.29) is 0 Å². The first-order valence-corrected chi connectivity index (χ1v) is 10.7. The van der Waals surface area contributed by atoms with Crippen molar-refractivity contribution >= 4 is 11.8 Å². The summed E-state index contributed by atoms with van der Waals surface area (Å²) in [7, 11) is 0. The van der Waals surface area contributed by atoms with Crippen molar-refractivity contribution in [3.63, 3.8) is 0 Å². The summed E-state index contributed by atoms with van der Waals surface area (Å²) in [4.78, 5) is 23.3. The van der Waals surface area contributed by atoms with Crippen LogP contribution in [0.1, 0.15) is 97.3 Å². The van der Waals surface area contributed by atoms with Gasteiger partial charge in [0.05, 0.1) is 0 Å². The van der Waals surface area contributed by atoms with Gasteiger partial charge in [-0.25, -0.2) is 0 Å². The van der Waals surface area contributed by atoms with Crippen molar-refractivity contribution in [1.29, 1.82) is 0 Å². The molecular formula is C22H38O5.